The van der Waals surface area contributed by atoms with Crippen LogP contribution < -0.4 is 10.6 Å². The van der Waals surface area contributed by atoms with Gasteiger partial charge in [-0.05, 0) is 37.1 Å². The number of rotatable bonds is 3. The lowest BCUT2D eigenvalue weighted by Crippen LogP contribution is -2.30. The zero-order valence-electron chi connectivity index (χ0n) is 11.5. The summed E-state index contributed by atoms with van der Waals surface area (Å²) in [6.45, 7) is 0. The van der Waals surface area contributed by atoms with Crippen LogP contribution in [0.4, 0.5) is 0 Å². The lowest BCUT2D eigenvalue weighted by molar-refractivity contribution is 0.183. The van der Waals surface area contributed by atoms with Gasteiger partial charge < -0.3 is 5.11 Å². The van der Waals surface area contributed by atoms with Gasteiger partial charge in [0.15, 0.2) is 0 Å². The van der Waals surface area contributed by atoms with Crippen molar-refractivity contribution in [2.75, 3.05) is 0 Å². The molecule has 1 nitrogen and oxygen atoms in total. The molecule has 2 atom stereocenters. The smallest absolute Gasteiger partial charge is 0.377 e. The van der Waals surface area contributed by atoms with Gasteiger partial charge in [0.1, 0.15) is 0 Å². The minimum atomic E-state index is -1.92. The lowest BCUT2D eigenvalue weighted by Gasteiger charge is -2.29. The minimum absolute atomic E-state index is 0.185. The number of hydrogen-bond acceptors (Lipinski definition) is 1. The van der Waals surface area contributed by atoms with E-state index in [1.807, 2.05) is 12.1 Å². The minimum Gasteiger partial charge on any atom is -0.393 e. The molecule has 1 aliphatic carbocycles. The van der Waals surface area contributed by atoms with Gasteiger partial charge in [0.25, 0.3) is 0 Å². The summed E-state index contributed by atoms with van der Waals surface area (Å²) in [7, 11) is 5.09. The Bertz CT molecular complexity index is 518. The second-order valence-electron chi connectivity index (χ2n) is 5.57. The summed E-state index contributed by atoms with van der Waals surface area (Å²) in [5.74, 6) is 0. The van der Waals surface area contributed by atoms with Gasteiger partial charge >= 0.3 is 7.57 Å². The standard InChI is InChI=1S/C17H19BOP/c18-20(15-7-3-1-4-8-15,16-9-5-2-6-10-16)17-12-11-14(19)13-17/h1-10,14,17,19H,11-13H2/q+1/t14-,17+/m1/s1. The quantitative estimate of drug-likeness (QED) is 0.677. The van der Waals surface area contributed by atoms with Crippen molar-refractivity contribution in [2.24, 2.45) is 0 Å². The third kappa shape index (κ3) is 2.43. The Hall–Kier alpha value is -1.11. The van der Waals surface area contributed by atoms with Gasteiger partial charge in [-0.15, -0.1) is 0 Å². The molecule has 1 aliphatic rings. The second kappa shape index (κ2) is 5.72. The van der Waals surface area contributed by atoms with Gasteiger partial charge in [0.05, 0.1) is 22.4 Å². The number of aliphatic hydroxyl groups excluding tert-OH is 1. The SMILES string of the molecule is [B][P+](c1ccccc1)(c1ccccc1)[C@H]1CC[C@@H](O)C1. The highest BCUT2D eigenvalue weighted by molar-refractivity contribution is 8.09. The first-order valence-electron chi connectivity index (χ1n) is 7.18. The summed E-state index contributed by atoms with van der Waals surface area (Å²) in [5.41, 5.74) is 0.391. The van der Waals surface area contributed by atoms with Gasteiger partial charge in [-0.3, -0.25) is 0 Å². The molecule has 0 aliphatic heterocycles. The Morgan fingerprint density at radius 2 is 1.35 bits per heavy atom. The fourth-order valence-corrected chi connectivity index (χ4v) is 6.83. The molecule has 3 heteroatoms. The molecule has 0 bridgehead atoms. The first kappa shape index (κ1) is 13.9. The van der Waals surface area contributed by atoms with Gasteiger partial charge in [0.2, 0.25) is 0 Å². The Kier molecular flexibility index (Phi) is 3.96. The summed E-state index contributed by atoms with van der Waals surface area (Å²) in [6.07, 6.45) is 2.54. The first-order chi connectivity index (χ1) is 9.71. The number of hydrogen-bond donors (Lipinski definition) is 1. The summed E-state index contributed by atoms with van der Waals surface area (Å²) in [5, 5.41) is 12.4. The van der Waals surface area contributed by atoms with E-state index in [2.05, 4.69) is 48.5 Å². The highest BCUT2D eigenvalue weighted by Crippen LogP contribution is 2.60. The maximum Gasteiger partial charge on any atom is 0.377 e. The second-order valence-corrected chi connectivity index (χ2v) is 8.89. The topological polar surface area (TPSA) is 20.2 Å². The molecule has 1 N–H and O–H groups in total. The van der Waals surface area contributed by atoms with Crippen LogP contribution in [0.15, 0.2) is 60.7 Å². The van der Waals surface area contributed by atoms with E-state index < -0.39 is 7.14 Å². The van der Waals surface area contributed by atoms with E-state index in [-0.39, 0.29) is 6.10 Å². The summed E-state index contributed by atoms with van der Waals surface area (Å²) < 4.78 is 0. The van der Waals surface area contributed by atoms with Crippen LogP contribution in [-0.4, -0.2) is 24.4 Å². The van der Waals surface area contributed by atoms with Crippen molar-refractivity contribution >= 4 is 25.3 Å². The molecule has 1 fully saturated rings. The first-order valence-corrected chi connectivity index (χ1v) is 9.10. The summed E-state index contributed by atoms with van der Waals surface area (Å²) in [4.78, 5) is 0. The van der Waals surface area contributed by atoms with Crippen LogP contribution in [0.1, 0.15) is 19.3 Å². The molecule has 0 saturated heterocycles. The molecule has 1 saturated carbocycles. The Morgan fingerprint density at radius 1 is 0.850 bits per heavy atom. The van der Waals surface area contributed by atoms with E-state index in [1.54, 1.807) is 0 Å². The van der Waals surface area contributed by atoms with E-state index in [4.69, 9.17) is 7.57 Å². The van der Waals surface area contributed by atoms with Crippen molar-refractivity contribution < 1.29 is 5.11 Å². The van der Waals surface area contributed by atoms with E-state index in [1.165, 1.54) is 10.6 Å². The summed E-state index contributed by atoms with van der Waals surface area (Å²) >= 11 is 0. The van der Waals surface area contributed by atoms with Crippen molar-refractivity contribution in [3.63, 3.8) is 0 Å². The van der Waals surface area contributed by atoms with Crippen LogP contribution in [0.5, 0.6) is 0 Å². The predicted molar refractivity (Wildman–Crippen MR) is 88.5 cm³/mol. The Labute approximate surface area is 122 Å². The van der Waals surface area contributed by atoms with Gasteiger partial charge in [-0.2, -0.15) is 0 Å². The average molecular weight is 281 g/mol. The molecule has 0 spiro atoms. The van der Waals surface area contributed by atoms with Gasteiger partial charge in [-0.25, -0.2) is 0 Å². The van der Waals surface area contributed by atoms with Crippen LogP contribution in [0, 0.1) is 0 Å². The molecular formula is C17H19BOP+. The maximum absolute atomic E-state index is 9.92. The summed E-state index contributed by atoms with van der Waals surface area (Å²) in [6, 6.07) is 20.9. The van der Waals surface area contributed by atoms with E-state index in [9.17, 15) is 5.11 Å². The monoisotopic (exact) mass is 281 g/mol. The molecule has 3 rings (SSSR count). The van der Waals surface area contributed by atoms with Crippen LogP contribution in [-0.2, 0) is 0 Å². The molecular weight excluding hydrogens is 262 g/mol. The zero-order valence-corrected chi connectivity index (χ0v) is 12.4. The third-order valence-electron chi connectivity index (χ3n) is 4.32. The van der Waals surface area contributed by atoms with Gasteiger partial charge in [0, 0.05) is 13.6 Å². The van der Waals surface area contributed by atoms with Crippen molar-refractivity contribution in [1.29, 1.82) is 0 Å². The van der Waals surface area contributed by atoms with Crippen LogP contribution >= 0.6 is 7.14 Å². The fraction of sp³-hybridized carbons (Fsp3) is 0.294. The number of aliphatic hydroxyl groups is 1. The fourth-order valence-electron chi connectivity index (χ4n) is 3.22. The molecule has 2 aromatic carbocycles. The van der Waals surface area contributed by atoms with Crippen molar-refractivity contribution in [3.05, 3.63) is 60.7 Å². The zero-order chi connectivity index (χ0) is 14.0. The average Bonchev–Trinajstić information content (AvgIpc) is 2.95. The van der Waals surface area contributed by atoms with Crippen LogP contribution in [0.3, 0.4) is 0 Å². The normalized spacial score (nSPS) is 22.9. The van der Waals surface area contributed by atoms with E-state index in [0.29, 0.717) is 5.66 Å². The molecule has 2 radical (unpaired) electrons. The molecule has 2 aromatic rings. The molecule has 0 amide bonds. The molecule has 20 heavy (non-hydrogen) atoms. The van der Waals surface area contributed by atoms with Crippen LogP contribution in [0.2, 0.25) is 0 Å². The molecule has 0 unspecified atom stereocenters. The van der Waals surface area contributed by atoms with Crippen molar-refractivity contribution in [1.82, 2.24) is 0 Å². The van der Waals surface area contributed by atoms with Crippen molar-refractivity contribution in [3.8, 4) is 0 Å². The molecule has 100 valence electrons. The van der Waals surface area contributed by atoms with E-state index in [0.717, 1.165) is 19.3 Å². The largest absolute Gasteiger partial charge is 0.393 e. The molecule has 0 aromatic heterocycles. The number of benzene rings is 2. The lowest BCUT2D eigenvalue weighted by atomic mass is 10.3. The van der Waals surface area contributed by atoms with Crippen molar-refractivity contribution in [2.45, 2.75) is 31.0 Å². The highest BCUT2D eigenvalue weighted by atomic mass is 31.2. The van der Waals surface area contributed by atoms with Gasteiger partial charge in [-0.1, -0.05) is 36.4 Å². The van der Waals surface area contributed by atoms with Crippen LogP contribution in [0.25, 0.3) is 0 Å². The Morgan fingerprint density at radius 3 is 1.75 bits per heavy atom. The predicted octanol–water partition coefficient (Wildman–Crippen LogP) is 2.65. The Balaban J connectivity index is 2.08. The maximum atomic E-state index is 9.92. The molecule has 0 heterocycles. The highest BCUT2D eigenvalue weighted by Gasteiger charge is 2.48. The van der Waals surface area contributed by atoms with E-state index >= 15 is 0 Å². The third-order valence-corrected chi connectivity index (χ3v) is 8.25.